The number of carbonyl (C=O) groups is 2. The van der Waals surface area contributed by atoms with E-state index in [-0.39, 0.29) is 17.9 Å². The van der Waals surface area contributed by atoms with E-state index in [1.165, 1.54) is 0 Å². The van der Waals surface area contributed by atoms with Crippen molar-refractivity contribution in [2.75, 3.05) is 6.54 Å². The molecule has 17 heavy (non-hydrogen) atoms. The third-order valence-corrected chi connectivity index (χ3v) is 3.48. The van der Waals surface area contributed by atoms with Gasteiger partial charge in [0.05, 0.1) is 5.92 Å². The Kier molecular flexibility index (Phi) is 4.51. The van der Waals surface area contributed by atoms with Crippen LogP contribution in [0.15, 0.2) is 0 Å². The number of hydrogen-bond donors (Lipinski definition) is 3. The van der Waals surface area contributed by atoms with Crippen molar-refractivity contribution in [3.8, 4) is 0 Å². The van der Waals surface area contributed by atoms with Crippen LogP contribution in [0.3, 0.4) is 0 Å². The molecule has 0 aromatic rings. The summed E-state index contributed by atoms with van der Waals surface area (Å²) in [6.45, 7) is 6.25. The number of aliphatic carboxylic acids is 1. The minimum atomic E-state index is -1.14. The van der Waals surface area contributed by atoms with Gasteiger partial charge in [0, 0.05) is 6.04 Å². The van der Waals surface area contributed by atoms with E-state index in [4.69, 9.17) is 0 Å². The Morgan fingerprint density at radius 3 is 2.59 bits per heavy atom. The maximum Gasteiger partial charge on any atom is 0.329 e. The average Bonchev–Trinajstić information content (AvgIpc) is 2.64. The van der Waals surface area contributed by atoms with Crippen molar-refractivity contribution < 1.29 is 14.7 Å². The highest BCUT2D eigenvalue weighted by molar-refractivity contribution is 5.88. The van der Waals surface area contributed by atoms with Gasteiger partial charge in [-0.15, -0.1) is 0 Å². The van der Waals surface area contributed by atoms with Crippen LogP contribution in [-0.2, 0) is 9.59 Å². The molecule has 0 bridgehead atoms. The summed E-state index contributed by atoms with van der Waals surface area (Å²) >= 11 is 0. The first kappa shape index (κ1) is 14.0. The van der Waals surface area contributed by atoms with Crippen molar-refractivity contribution in [1.82, 2.24) is 10.6 Å². The van der Waals surface area contributed by atoms with Gasteiger partial charge in [-0.2, -0.15) is 0 Å². The van der Waals surface area contributed by atoms with Gasteiger partial charge >= 0.3 is 5.97 Å². The molecule has 98 valence electrons. The molecule has 3 unspecified atom stereocenters. The number of hydrogen-bond acceptors (Lipinski definition) is 3. The Bertz CT molecular complexity index is 306. The molecule has 1 heterocycles. The minimum absolute atomic E-state index is 0.120. The zero-order valence-electron chi connectivity index (χ0n) is 10.7. The van der Waals surface area contributed by atoms with Crippen molar-refractivity contribution >= 4 is 11.9 Å². The second-order valence-electron chi connectivity index (χ2n) is 5.01. The molecule has 0 saturated carbocycles. The molecule has 0 aliphatic carbocycles. The molecule has 1 aliphatic heterocycles. The maximum atomic E-state index is 12.0. The molecule has 3 N–H and O–H groups in total. The van der Waals surface area contributed by atoms with Crippen LogP contribution in [0, 0.1) is 5.92 Å². The van der Waals surface area contributed by atoms with E-state index in [1.54, 1.807) is 6.92 Å². The van der Waals surface area contributed by atoms with Crippen LogP contribution >= 0.6 is 0 Å². The summed E-state index contributed by atoms with van der Waals surface area (Å²) in [7, 11) is 0. The summed E-state index contributed by atoms with van der Waals surface area (Å²) in [5.41, 5.74) is -1.14. The highest BCUT2D eigenvalue weighted by Crippen LogP contribution is 2.19. The van der Waals surface area contributed by atoms with Crippen molar-refractivity contribution in [1.29, 1.82) is 0 Å². The molecule has 5 heteroatoms. The Balaban J connectivity index is 2.67. The largest absolute Gasteiger partial charge is 0.480 e. The Labute approximate surface area is 102 Å². The van der Waals surface area contributed by atoms with Gasteiger partial charge in [0.25, 0.3) is 0 Å². The van der Waals surface area contributed by atoms with Gasteiger partial charge in [0.15, 0.2) is 0 Å². The van der Waals surface area contributed by atoms with Crippen molar-refractivity contribution in [2.24, 2.45) is 5.92 Å². The minimum Gasteiger partial charge on any atom is -0.480 e. The van der Waals surface area contributed by atoms with Gasteiger partial charge in [-0.05, 0) is 33.2 Å². The molecule has 1 saturated heterocycles. The van der Waals surface area contributed by atoms with Gasteiger partial charge in [-0.3, -0.25) is 4.79 Å². The zero-order valence-corrected chi connectivity index (χ0v) is 10.7. The summed E-state index contributed by atoms with van der Waals surface area (Å²) in [5.74, 6) is -1.24. The van der Waals surface area contributed by atoms with E-state index in [0.29, 0.717) is 6.42 Å². The zero-order chi connectivity index (χ0) is 13.1. The lowest BCUT2D eigenvalue weighted by Crippen LogP contribution is -2.54. The summed E-state index contributed by atoms with van der Waals surface area (Å²) in [4.78, 5) is 23.2. The van der Waals surface area contributed by atoms with Crippen LogP contribution in [-0.4, -0.2) is 35.1 Å². The fourth-order valence-electron chi connectivity index (χ4n) is 2.30. The molecule has 5 nitrogen and oxygen atoms in total. The van der Waals surface area contributed by atoms with Gasteiger partial charge < -0.3 is 15.7 Å². The van der Waals surface area contributed by atoms with Crippen LogP contribution < -0.4 is 10.6 Å². The summed E-state index contributed by atoms with van der Waals surface area (Å²) in [6.07, 6.45) is 1.94. The molecular formula is C12H22N2O3. The monoisotopic (exact) mass is 242 g/mol. The third kappa shape index (κ3) is 3.19. The lowest BCUT2D eigenvalue weighted by Gasteiger charge is -2.28. The number of rotatable bonds is 5. The second-order valence-corrected chi connectivity index (χ2v) is 5.01. The fourth-order valence-corrected chi connectivity index (χ4v) is 2.30. The number of amides is 1. The highest BCUT2D eigenvalue weighted by Gasteiger charge is 2.38. The van der Waals surface area contributed by atoms with E-state index in [9.17, 15) is 14.7 Å². The maximum absolute atomic E-state index is 12.0. The Hall–Kier alpha value is -1.10. The van der Waals surface area contributed by atoms with Crippen LogP contribution in [0.5, 0.6) is 0 Å². The number of nitrogens with one attached hydrogen (secondary N) is 2. The van der Waals surface area contributed by atoms with E-state index in [0.717, 1.165) is 19.4 Å². The van der Waals surface area contributed by atoms with Gasteiger partial charge in [0.1, 0.15) is 5.54 Å². The lowest BCUT2D eigenvalue weighted by atomic mass is 9.93. The Morgan fingerprint density at radius 1 is 1.53 bits per heavy atom. The highest BCUT2D eigenvalue weighted by atomic mass is 16.4. The van der Waals surface area contributed by atoms with Crippen molar-refractivity contribution in [2.45, 2.75) is 51.6 Å². The standard InChI is InChI=1S/C12H22N2O3/c1-4-6-12(3,11(16)17)14-10(15)9-5-7-13-8(9)2/h8-9,13H,4-7H2,1-3H3,(H,14,15)(H,16,17). The van der Waals surface area contributed by atoms with Crippen LogP contribution in [0.1, 0.15) is 40.0 Å². The number of carboxylic acids is 1. The first-order valence-electron chi connectivity index (χ1n) is 6.19. The Morgan fingerprint density at radius 2 is 2.18 bits per heavy atom. The molecule has 1 amide bonds. The predicted molar refractivity (Wildman–Crippen MR) is 64.7 cm³/mol. The average molecular weight is 242 g/mol. The van der Waals surface area contributed by atoms with Gasteiger partial charge in [0.2, 0.25) is 5.91 Å². The summed E-state index contributed by atoms with van der Waals surface area (Å²) in [6, 6.07) is 0.120. The van der Waals surface area contributed by atoms with Gasteiger partial charge in [-0.1, -0.05) is 13.3 Å². The molecule has 0 radical (unpaired) electrons. The number of carboxylic acid groups (broad SMARTS) is 1. The van der Waals surface area contributed by atoms with E-state index >= 15 is 0 Å². The second kappa shape index (κ2) is 5.49. The normalized spacial score (nSPS) is 27.5. The van der Waals surface area contributed by atoms with Crippen LogP contribution in [0.2, 0.25) is 0 Å². The van der Waals surface area contributed by atoms with E-state index in [2.05, 4.69) is 10.6 Å². The quantitative estimate of drug-likeness (QED) is 0.664. The first-order chi connectivity index (χ1) is 7.90. The topological polar surface area (TPSA) is 78.4 Å². The third-order valence-electron chi connectivity index (χ3n) is 3.48. The number of carbonyl (C=O) groups excluding carboxylic acids is 1. The van der Waals surface area contributed by atoms with Crippen LogP contribution in [0.4, 0.5) is 0 Å². The predicted octanol–water partition coefficient (Wildman–Crippen LogP) is 0.744. The summed E-state index contributed by atoms with van der Waals surface area (Å²) in [5, 5.41) is 15.1. The fraction of sp³-hybridized carbons (Fsp3) is 0.833. The summed E-state index contributed by atoms with van der Waals surface area (Å²) < 4.78 is 0. The molecule has 0 aromatic carbocycles. The van der Waals surface area contributed by atoms with Crippen LogP contribution in [0.25, 0.3) is 0 Å². The molecule has 1 rings (SSSR count). The van der Waals surface area contributed by atoms with Crippen molar-refractivity contribution in [3.05, 3.63) is 0 Å². The molecular weight excluding hydrogens is 220 g/mol. The molecule has 1 fully saturated rings. The lowest BCUT2D eigenvalue weighted by molar-refractivity contribution is -0.148. The smallest absolute Gasteiger partial charge is 0.329 e. The van der Waals surface area contributed by atoms with Gasteiger partial charge in [-0.25, -0.2) is 4.79 Å². The van der Waals surface area contributed by atoms with Crippen molar-refractivity contribution in [3.63, 3.8) is 0 Å². The molecule has 3 atom stereocenters. The molecule has 0 aromatic heterocycles. The molecule has 0 spiro atoms. The van der Waals surface area contributed by atoms with E-state index in [1.807, 2.05) is 13.8 Å². The van der Waals surface area contributed by atoms with E-state index < -0.39 is 11.5 Å². The first-order valence-corrected chi connectivity index (χ1v) is 6.19. The SMILES string of the molecule is CCCC(C)(NC(=O)C1CCNC1C)C(=O)O. The molecule has 1 aliphatic rings.